The maximum atomic E-state index is 5.83. The summed E-state index contributed by atoms with van der Waals surface area (Å²) in [4.78, 5) is 9.38. The number of imidazole rings is 1. The van der Waals surface area contributed by atoms with Crippen LogP contribution in [0.25, 0.3) is 5.65 Å². The van der Waals surface area contributed by atoms with Gasteiger partial charge in [-0.05, 0) is 32.6 Å². The molecule has 2 aromatic heterocycles. The number of morpholine rings is 1. The Labute approximate surface area is 126 Å². The molecule has 0 N–H and O–H groups in total. The lowest BCUT2D eigenvalue weighted by Gasteiger charge is -2.33. The molecular weight excluding hydrogens is 264 g/mol. The predicted octanol–water partition coefficient (Wildman–Crippen LogP) is 1.41. The molecule has 3 heterocycles. The molecule has 3 rings (SSSR count). The smallest absolute Gasteiger partial charge is 0.139 e. The second-order valence-corrected chi connectivity index (χ2v) is 6.14. The summed E-state index contributed by atoms with van der Waals surface area (Å²) in [7, 11) is 4.18. The second-order valence-electron chi connectivity index (χ2n) is 6.14. The van der Waals surface area contributed by atoms with Gasteiger partial charge >= 0.3 is 0 Å². The minimum atomic E-state index is 0.299. The molecule has 5 nitrogen and oxygen atoms in total. The third-order valence-corrected chi connectivity index (χ3v) is 3.91. The van der Waals surface area contributed by atoms with Crippen molar-refractivity contribution in [1.29, 1.82) is 0 Å². The number of hydrogen-bond donors (Lipinski definition) is 0. The van der Waals surface area contributed by atoms with E-state index in [9.17, 15) is 0 Å². The van der Waals surface area contributed by atoms with E-state index < -0.39 is 0 Å². The normalized spacial score (nSPS) is 20.5. The SMILES string of the molecule is Cc1cccn2cc(CN3CCOC(CN(C)C)C3)nc12. The molecule has 114 valence electrons. The van der Waals surface area contributed by atoms with Crippen LogP contribution in [0.2, 0.25) is 0 Å². The Balaban J connectivity index is 1.68. The molecule has 0 aromatic carbocycles. The van der Waals surface area contributed by atoms with Gasteiger partial charge in [-0.25, -0.2) is 4.98 Å². The Bertz CT molecular complexity index is 607. The topological polar surface area (TPSA) is 33.0 Å². The van der Waals surface area contributed by atoms with Crippen molar-refractivity contribution in [1.82, 2.24) is 19.2 Å². The zero-order valence-electron chi connectivity index (χ0n) is 13.1. The molecule has 0 aliphatic carbocycles. The number of ether oxygens (including phenoxy) is 1. The van der Waals surface area contributed by atoms with Crippen LogP contribution in [0.15, 0.2) is 24.5 Å². The van der Waals surface area contributed by atoms with E-state index in [-0.39, 0.29) is 0 Å². The molecule has 0 radical (unpaired) electrons. The van der Waals surface area contributed by atoms with Gasteiger partial charge in [0.15, 0.2) is 0 Å². The van der Waals surface area contributed by atoms with Crippen molar-refractivity contribution in [3.05, 3.63) is 35.8 Å². The molecule has 21 heavy (non-hydrogen) atoms. The average molecular weight is 288 g/mol. The molecule has 1 aliphatic rings. The molecule has 0 bridgehead atoms. The van der Waals surface area contributed by atoms with E-state index in [4.69, 9.17) is 9.72 Å². The van der Waals surface area contributed by atoms with E-state index in [0.29, 0.717) is 6.10 Å². The average Bonchev–Trinajstić information content (AvgIpc) is 2.82. The fourth-order valence-corrected chi connectivity index (χ4v) is 2.95. The molecule has 1 saturated heterocycles. The lowest BCUT2D eigenvalue weighted by Crippen LogP contribution is -2.46. The Morgan fingerprint density at radius 2 is 2.29 bits per heavy atom. The number of likely N-dealkylation sites (N-methyl/N-ethyl adjacent to an activating group) is 1. The van der Waals surface area contributed by atoms with Gasteiger partial charge in [0.25, 0.3) is 0 Å². The summed E-state index contributed by atoms with van der Waals surface area (Å²) < 4.78 is 7.94. The van der Waals surface area contributed by atoms with Crippen molar-refractivity contribution in [3.8, 4) is 0 Å². The predicted molar refractivity (Wildman–Crippen MR) is 83.5 cm³/mol. The molecule has 1 atom stereocenters. The molecular formula is C16H24N4O. The van der Waals surface area contributed by atoms with Gasteiger partial charge in [-0.1, -0.05) is 6.07 Å². The number of aromatic nitrogens is 2. The Kier molecular flexibility index (Phi) is 4.24. The third-order valence-electron chi connectivity index (χ3n) is 3.91. The van der Waals surface area contributed by atoms with Crippen LogP contribution in [0.4, 0.5) is 0 Å². The number of nitrogens with zero attached hydrogens (tertiary/aromatic N) is 4. The zero-order valence-corrected chi connectivity index (χ0v) is 13.1. The van der Waals surface area contributed by atoms with Crippen molar-refractivity contribution in [2.24, 2.45) is 0 Å². The lowest BCUT2D eigenvalue weighted by atomic mass is 10.2. The van der Waals surface area contributed by atoms with Crippen LogP contribution < -0.4 is 0 Å². The minimum absolute atomic E-state index is 0.299. The largest absolute Gasteiger partial charge is 0.374 e. The van der Waals surface area contributed by atoms with E-state index in [1.165, 1.54) is 5.56 Å². The molecule has 5 heteroatoms. The lowest BCUT2D eigenvalue weighted by molar-refractivity contribution is -0.0409. The Hall–Kier alpha value is -1.43. The number of hydrogen-bond acceptors (Lipinski definition) is 4. The van der Waals surface area contributed by atoms with E-state index >= 15 is 0 Å². The van der Waals surface area contributed by atoms with Crippen LogP contribution in [0.3, 0.4) is 0 Å². The van der Waals surface area contributed by atoms with Crippen LogP contribution >= 0.6 is 0 Å². The second kappa shape index (κ2) is 6.13. The quantitative estimate of drug-likeness (QED) is 0.851. The maximum Gasteiger partial charge on any atom is 0.139 e. The summed E-state index contributed by atoms with van der Waals surface area (Å²) in [6.45, 7) is 6.75. The van der Waals surface area contributed by atoms with Gasteiger partial charge in [-0.2, -0.15) is 0 Å². The van der Waals surface area contributed by atoms with Crippen LogP contribution in [-0.4, -0.2) is 65.6 Å². The van der Waals surface area contributed by atoms with E-state index in [2.05, 4.69) is 59.7 Å². The minimum Gasteiger partial charge on any atom is -0.374 e. The van der Waals surface area contributed by atoms with E-state index in [1.54, 1.807) is 0 Å². The first-order valence-corrected chi connectivity index (χ1v) is 7.54. The van der Waals surface area contributed by atoms with Crippen molar-refractivity contribution in [3.63, 3.8) is 0 Å². The summed E-state index contributed by atoms with van der Waals surface area (Å²) in [5.74, 6) is 0. The highest BCUT2D eigenvalue weighted by Crippen LogP contribution is 2.14. The monoisotopic (exact) mass is 288 g/mol. The summed E-state index contributed by atoms with van der Waals surface area (Å²) in [5.41, 5.74) is 3.41. The molecule has 2 aromatic rings. The van der Waals surface area contributed by atoms with Gasteiger partial charge in [0, 0.05) is 38.6 Å². The fourth-order valence-electron chi connectivity index (χ4n) is 2.95. The summed E-state index contributed by atoms with van der Waals surface area (Å²) in [6.07, 6.45) is 4.50. The zero-order chi connectivity index (χ0) is 14.8. The fraction of sp³-hybridized carbons (Fsp3) is 0.562. The molecule has 1 unspecified atom stereocenters. The highest BCUT2D eigenvalue weighted by Gasteiger charge is 2.21. The van der Waals surface area contributed by atoms with Crippen LogP contribution in [-0.2, 0) is 11.3 Å². The van der Waals surface area contributed by atoms with Crippen molar-refractivity contribution in [2.75, 3.05) is 40.3 Å². The molecule has 1 aliphatic heterocycles. The van der Waals surface area contributed by atoms with Crippen LogP contribution in [0, 0.1) is 6.92 Å². The van der Waals surface area contributed by atoms with Gasteiger partial charge in [0.1, 0.15) is 5.65 Å². The van der Waals surface area contributed by atoms with Crippen LogP contribution in [0.5, 0.6) is 0 Å². The van der Waals surface area contributed by atoms with Crippen molar-refractivity contribution in [2.45, 2.75) is 19.6 Å². The van der Waals surface area contributed by atoms with Gasteiger partial charge in [0.2, 0.25) is 0 Å². The van der Waals surface area contributed by atoms with Gasteiger partial charge in [0.05, 0.1) is 18.4 Å². The third kappa shape index (κ3) is 3.43. The number of rotatable bonds is 4. The van der Waals surface area contributed by atoms with E-state index in [1.807, 2.05) is 0 Å². The van der Waals surface area contributed by atoms with E-state index in [0.717, 1.165) is 44.1 Å². The summed E-state index contributed by atoms with van der Waals surface area (Å²) in [6, 6.07) is 4.17. The number of aryl methyl sites for hydroxylation is 1. The highest BCUT2D eigenvalue weighted by molar-refractivity contribution is 5.47. The first kappa shape index (κ1) is 14.5. The van der Waals surface area contributed by atoms with Crippen LogP contribution in [0.1, 0.15) is 11.3 Å². The molecule has 0 amide bonds. The first-order valence-electron chi connectivity index (χ1n) is 7.54. The van der Waals surface area contributed by atoms with Crippen molar-refractivity contribution >= 4 is 5.65 Å². The molecule has 0 spiro atoms. The first-order chi connectivity index (χ1) is 10.1. The Morgan fingerprint density at radius 3 is 3.05 bits per heavy atom. The van der Waals surface area contributed by atoms with Crippen molar-refractivity contribution < 1.29 is 4.74 Å². The Morgan fingerprint density at radius 1 is 1.43 bits per heavy atom. The number of pyridine rings is 1. The summed E-state index contributed by atoms with van der Waals surface area (Å²) >= 11 is 0. The van der Waals surface area contributed by atoms with Gasteiger partial charge in [-0.15, -0.1) is 0 Å². The standard InChI is InChI=1S/C16H24N4O/c1-13-5-4-6-20-10-14(17-16(13)20)9-19-7-8-21-15(12-19)11-18(2)3/h4-6,10,15H,7-9,11-12H2,1-3H3. The highest BCUT2D eigenvalue weighted by atomic mass is 16.5. The maximum absolute atomic E-state index is 5.83. The number of fused-ring (bicyclic) bond motifs is 1. The summed E-state index contributed by atoms with van der Waals surface area (Å²) in [5, 5.41) is 0. The van der Waals surface area contributed by atoms with Gasteiger partial charge < -0.3 is 14.0 Å². The molecule has 1 fully saturated rings. The van der Waals surface area contributed by atoms with Gasteiger partial charge in [-0.3, -0.25) is 4.90 Å². The molecule has 0 saturated carbocycles.